The molecule has 0 saturated carbocycles. The van der Waals surface area contributed by atoms with E-state index in [1.54, 1.807) is 12.1 Å². The monoisotopic (exact) mass is 536 g/mol. The van der Waals surface area contributed by atoms with Gasteiger partial charge in [-0.15, -0.1) is 0 Å². The molecule has 5 aromatic rings. The second-order valence-corrected chi connectivity index (χ2v) is 9.85. The van der Waals surface area contributed by atoms with Crippen molar-refractivity contribution in [1.82, 2.24) is 10.3 Å². The molecule has 0 aliphatic rings. The molecule has 0 aliphatic carbocycles. The number of aromatic nitrogens is 1. The van der Waals surface area contributed by atoms with Crippen molar-refractivity contribution in [2.24, 2.45) is 11.5 Å². The zero-order chi connectivity index (χ0) is 27.9. The van der Waals surface area contributed by atoms with Gasteiger partial charge in [-0.3, -0.25) is 4.79 Å². The Kier molecular flexibility index (Phi) is 8.54. The Morgan fingerprint density at radius 2 is 1.68 bits per heavy atom. The Hall–Kier alpha value is -4.46. The van der Waals surface area contributed by atoms with Gasteiger partial charge in [0, 0.05) is 29.1 Å². The van der Waals surface area contributed by atoms with Crippen molar-refractivity contribution in [1.29, 1.82) is 0 Å². The van der Waals surface area contributed by atoms with Gasteiger partial charge in [-0.1, -0.05) is 60.7 Å². The number of aromatic amines is 1. The highest BCUT2D eigenvalue weighted by Gasteiger charge is 2.21. The largest absolute Gasteiger partial charge is 0.489 e. The lowest BCUT2D eigenvalue weighted by Crippen LogP contribution is -2.37. The number of nitrogens with one attached hydrogen (secondary N) is 2. The zero-order valence-corrected chi connectivity index (χ0v) is 22.2. The molecule has 4 aromatic carbocycles. The van der Waals surface area contributed by atoms with Gasteiger partial charge in [0.25, 0.3) is 5.91 Å². The SMILES string of the molecule is NCCC[C@H](N)CNC(=O)c1[nH]c2ccc(-c3ccc(F)cc3)cc2c1-c1cccc(OCc2ccccc2)c1. The summed E-state index contributed by atoms with van der Waals surface area (Å²) < 4.78 is 19.7. The second-order valence-electron chi connectivity index (χ2n) is 9.85. The average Bonchev–Trinajstić information content (AvgIpc) is 3.38. The molecule has 0 bridgehead atoms. The van der Waals surface area contributed by atoms with Gasteiger partial charge in [-0.2, -0.15) is 0 Å². The Labute approximate surface area is 233 Å². The van der Waals surface area contributed by atoms with Crippen molar-refractivity contribution in [3.05, 3.63) is 114 Å². The van der Waals surface area contributed by atoms with Crippen LogP contribution in [0.2, 0.25) is 0 Å². The summed E-state index contributed by atoms with van der Waals surface area (Å²) in [5.41, 5.74) is 17.5. The minimum Gasteiger partial charge on any atom is -0.489 e. The molecule has 1 heterocycles. The summed E-state index contributed by atoms with van der Waals surface area (Å²) >= 11 is 0. The Balaban J connectivity index is 1.52. The van der Waals surface area contributed by atoms with E-state index in [1.807, 2.05) is 72.8 Å². The molecule has 0 saturated heterocycles. The molecule has 40 heavy (non-hydrogen) atoms. The van der Waals surface area contributed by atoms with Crippen LogP contribution in [0.5, 0.6) is 5.75 Å². The number of fused-ring (bicyclic) bond motifs is 1. The van der Waals surface area contributed by atoms with Crippen molar-refractivity contribution < 1.29 is 13.9 Å². The lowest BCUT2D eigenvalue weighted by atomic mass is 9.97. The number of carbonyl (C=O) groups is 1. The molecule has 6 N–H and O–H groups in total. The van der Waals surface area contributed by atoms with E-state index in [-0.39, 0.29) is 17.8 Å². The van der Waals surface area contributed by atoms with Crippen LogP contribution in [0.25, 0.3) is 33.2 Å². The van der Waals surface area contributed by atoms with Crippen molar-refractivity contribution in [2.45, 2.75) is 25.5 Å². The Bertz CT molecular complexity index is 1580. The predicted molar refractivity (Wildman–Crippen MR) is 158 cm³/mol. The summed E-state index contributed by atoms with van der Waals surface area (Å²) in [6.45, 7) is 1.34. The van der Waals surface area contributed by atoms with Gasteiger partial charge in [-0.25, -0.2) is 4.39 Å². The number of ether oxygens (including phenoxy) is 1. The third-order valence-corrected chi connectivity index (χ3v) is 6.88. The maximum Gasteiger partial charge on any atom is 0.268 e. The van der Waals surface area contributed by atoms with Crippen molar-refractivity contribution in [3.8, 4) is 28.0 Å². The molecule has 1 aromatic heterocycles. The summed E-state index contributed by atoms with van der Waals surface area (Å²) in [5.74, 6) is 0.164. The highest BCUT2D eigenvalue weighted by atomic mass is 19.1. The first kappa shape index (κ1) is 27.1. The summed E-state index contributed by atoms with van der Waals surface area (Å²) in [7, 11) is 0. The van der Waals surface area contributed by atoms with E-state index >= 15 is 0 Å². The van der Waals surface area contributed by atoms with Crippen LogP contribution in [0.1, 0.15) is 28.9 Å². The first-order valence-electron chi connectivity index (χ1n) is 13.4. The smallest absolute Gasteiger partial charge is 0.268 e. The van der Waals surface area contributed by atoms with Crippen LogP contribution in [0.4, 0.5) is 4.39 Å². The van der Waals surface area contributed by atoms with E-state index in [0.29, 0.717) is 31.1 Å². The molecule has 0 aliphatic heterocycles. The zero-order valence-electron chi connectivity index (χ0n) is 22.2. The first-order chi connectivity index (χ1) is 19.5. The van der Waals surface area contributed by atoms with Crippen LogP contribution < -0.4 is 21.5 Å². The number of hydrogen-bond donors (Lipinski definition) is 4. The lowest BCUT2D eigenvalue weighted by molar-refractivity contribution is 0.0947. The number of benzene rings is 4. The van der Waals surface area contributed by atoms with Crippen LogP contribution in [-0.2, 0) is 6.61 Å². The average molecular weight is 537 g/mol. The summed E-state index contributed by atoms with van der Waals surface area (Å²) in [4.78, 5) is 16.8. The molecule has 204 valence electrons. The van der Waals surface area contributed by atoms with E-state index in [4.69, 9.17) is 16.2 Å². The number of halogens is 1. The van der Waals surface area contributed by atoms with Crippen LogP contribution in [0.15, 0.2) is 97.1 Å². The normalized spacial score (nSPS) is 11.9. The van der Waals surface area contributed by atoms with Gasteiger partial charge in [0.2, 0.25) is 0 Å². The molecule has 0 spiro atoms. The molecule has 0 radical (unpaired) electrons. The fourth-order valence-corrected chi connectivity index (χ4v) is 4.76. The molecule has 0 fully saturated rings. The van der Waals surface area contributed by atoms with Crippen molar-refractivity contribution >= 4 is 16.8 Å². The minimum absolute atomic E-state index is 0.180. The van der Waals surface area contributed by atoms with Crippen molar-refractivity contribution in [2.75, 3.05) is 13.1 Å². The second kappa shape index (κ2) is 12.6. The molecule has 1 amide bonds. The molecule has 0 unspecified atom stereocenters. The van der Waals surface area contributed by atoms with E-state index in [9.17, 15) is 9.18 Å². The maximum atomic E-state index is 13.6. The van der Waals surface area contributed by atoms with Gasteiger partial charge < -0.3 is 26.5 Å². The van der Waals surface area contributed by atoms with Gasteiger partial charge >= 0.3 is 0 Å². The molecular formula is C33H33FN4O2. The highest BCUT2D eigenvalue weighted by molar-refractivity contribution is 6.10. The number of amides is 1. The van der Waals surface area contributed by atoms with Crippen LogP contribution in [0.3, 0.4) is 0 Å². The van der Waals surface area contributed by atoms with Crippen LogP contribution >= 0.6 is 0 Å². The lowest BCUT2D eigenvalue weighted by Gasteiger charge is -2.13. The molecule has 5 rings (SSSR count). The van der Waals surface area contributed by atoms with Gasteiger partial charge in [0.15, 0.2) is 0 Å². The number of carbonyl (C=O) groups excluding carboxylic acids is 1. The van der Waals surface area contributed by atoms with Crippen molar-refractivity contribution in [3.63, 3.8) is 0 Å². The fourth-order valence-electron chi connectivity index (χ4n) is 4.76. The topological polar surface area (TPSA) is 106 Å². The number of rotatable bonds is 11. The Morgan fingerprint density at radius 3 is 2.45 bits per heavy atom. The van der Waals surface area contributed by atoms with E-state index in [0.717, 1.165) is 51.6 Å². The van der Waals surface area contributed by atoms with Gasteiger partial charge in [0.1, 0.15) is 23.9 Å². The molecule has 7 heteroatoms. The summed E-state index contributed by atoms with van der Waals surface area (Å²) in [6, 6.07) is 29.8. The van der Waals surface area contributed by atoms with E-state index < -0.39 is 0 Å². The van der Waals surface area contributed by atoms with E-state index in [1.165, 1.54) is 12.1 Å². The Morgan fingerprint density at radius 1 is 0.900 bits per heavy atom. The predicted octanol–water partition coefficient (Wildman–Crippen LogP) is 6.02. The number of hydrogen-bond acceptors (Lipinski definition) is 4. The number of H-pyrrole nitrogens is 1. The molecular weight excluding hydrogens is 503 g/mol. The third-order valence-electron chi connectivity index (χ3n) is 6.88. The van der Waals surface area contributed by atoms with Crippen LogP contribution in [-0.4, -0.2) is 30.0 Å². The van der Waals surface area contributed by atoms with Gasteiger partial charge in [-0.05, 0) is 78.0 Å². The summed E-state index contributed by atoms with van der Waals surface area (Å²) in [6.07, 6.45) is 1.54. The minimum atomic E-state index is -0.289. The molecule has 1 atom stereocenters. The highest BCUT2D eigenvalue weighted by Crippen LogP contribution is 2.36. The fraction of sp³-hybridized carbons (Fsp3) is 0.182. The van der Waals surface area contributed by atoms with Gasteiger partial charge in [0.05, 0.1) is 0 Å². The maximum absolute atomic E-state index is 13.6. The third kappa shape index (κ3) is 6.39. The number of nitrogens with two attached hydrogens (primary N) is 2. The molecule has 6 nitrogen and oxygen atoms in total. The van der Waals surface area contributed by atoms with E-state index in [2.05, 4.69) is 10.3 Å². The quantitative estimate of drug-likeness (QED) is 0.166. The first-order valence-corrected chi connectivity index (χ1v) is 13.4. The van der Waals surface area contributed by atoms with Crippen LogP contribution in [0, 0.1) is 5.82 Å². The summed E-state index contributed by atoms with van der Waals surface area (Å²) in [5, 5.41) is 3.86. The standard InChI is InChI=1S/C33H33FN4O2/c34-26-14-11-23(12-15-26)24-13-16-30-29(19-24)31(32(38-30)33(39)37-20-27(36)9-5-17-35)25-8-4-10-28(18-25)40-21-22-6-2-1-3-7-22/h1-4,6-8,10-16,18-19,27,38H,5,9,17,20-21,35-36H2,(H,37,39)/t27-/m0/s1.